The summed E-state index contributed by atoms with van der Waals surface area (Å²) in [7, 11) is 0. The van der Waals surface area contributed by atoms with Crippen molar-refractivity contribution in [3.63, 3.8) is 0 Å². The summed E-state index contributed by atoms with van der Waals surface area (Å²) in [5.74, 6) is -1.03. The number of amides is 2. The van der Waals surface area contributed by atoms with Crippen molar-refractivity contribution in [1.29, 1.82) is 0 Å². The molecule has 0 saturated carbocycles. The predicted octanol–water partition coefficient (Wildman–Crippen LogP) is 0.962. The standard InChI is InChI=1S/C12H12N2O5/c1-7(15)4-5-13-11(16)9-3-2-8(14(18)19)6-10(9)12(13)17/h2-3,6-7,15H,4-5H2,1H3. The Kier molecular flexibility index (Phi) is 3.30. The molecule has 100 valence electrons. The van der Waals surface area contributed by atoms with Gasteiger partial charge in [-0.05, 0) is 19.4 Å². The summed E-state index contributed by atoms with van der Waals surface area (Å²) in [4.78, 5) is 35.0. The molecule has 2 rings (SSSR count). The molecular weight excluding hydrogens is 252 g/mol. The molecular formula is C12H12N2O5. The van der Waals surface area contributed by atoms with Crippen molar-refractivity contribution in [3.8, 4) is 0 Å². The van der Waals surface area contributed by atoms with E-state index in [2.05, 4.69) is 0 Å². The fourth-order valence-electron chi connectivity index (χ4n) is 1.91. The van der Waals surface area contributed by atoms with E-state index >= 15 is 0 Å². The van der Waals surface area contributed by atoms with Gasteiger partial charge in [0.25, 0.3) is 17.5 Å². The van der Waals surface area contributed by atoms with Crippen molar-refractivity contribution in [2.75, 3.05) is 6.54 Å². The molecule has 1 aromatic rings. The van der Waals surface area contributed by atoms with Gasteiger partial charge in [0.15, 0.2) is 0 Å². The Morgan fingerprint density at radius 1 is 1.32 bits per heavy atom. The number of benzene rings is 1. The van der Waals surface area contributed by atoms with E-state index in [9.17, 15) is 24.8 Å². The van der Waals surface area contributed by atoms with Gasteiger partial charge in [0.05, 0.1) is 22.2 Å². The van der Waals surface area contributed by atoms with Gasteiger partial charge < -0.3 is 5.11 Å². The Morgan fingerprint density at radius 2 is 1.95 bits per heavy atom. The van der Waals surface area contributed by atoms with Crippen LogP contribution in [0.1, 0.15) is 34.1 Å². The van der Waals surface area contributed by atoms with Gasteiger partial charge in [0.2, 0.25) is 0 Å². The molecule has 1 aliphatic rings. The number of rotatable bonds is 4. The van der Waals surface area contributed by atoms with Crippen LogP contribution < -0.4 is 0 Å². The topological polar surface area (TPSA) is 101 Å². The van der Waals surface area contributed by atoms with E-state index in [1.165, 1.54) is 12.1 Å². The van der Waals surface area contributed by atoms with E-state index in [4.69, 9.17) is 0 Å². The number of hydrogen-bond acceptors (Lipinski definition) is 5. The molecule has 0 aliphatic carbocycles. The van der Waals surface area contributed by atoms with Crippen LogP contribution in [0, 0.1) is 10.1 Å². The van der Waals surface area contributed by atoms with E-state index in [-0.39, 0.29) is 29.8 Å². The summed E-state index contributed by atoms with van der Waals surface area (Å²) in [5, 5.41) is 19.8. The number of non-ortho nitro benzene ring substituents is 1. The van der Waals surface area contributed by atoms with Gasteiger partial charge in [-0.25, -0.2) is 0 Å². The van der Waals surface area contributed by atoms with Crippen molar-refractivity contribution < 1.29 is 19.6 Å². The molecule has 7 heteroatoms. The van der Waals surface area contributed by atoms with Crippen LogP contribution in [0.15, 0.2) is 18.2 Å². The number of nitrogens with zero attached hydrogens (tertiary/aromatic N) is 2. The van der Waals surface area contributed by atoms with Crippen molar-refractivity contribution in [3.05, 3.63) is 39.4 Å². The van der Waals surface area contributed by atoms with E-state index in [1.807, 2.05) is 0 Å². The first-order chi connectivity index (χ1) is 8.91. The third-order valence-corrected chi connectivity index (χ3v) is 2.94. The van der Waals surface area contributed by atoms with Gasteiger partial charge >= 0.3 is 0 Å². The molecule has 1 aliphatic heterocycles. The van der Waals surface area contributed by atoms with Crippen LogP contribution in [0.3, 0.4) is 0 Å². The minimum atomic E-state index is -0.626. The van der Waals surface area contributed by atoms with E-state index in [0.717, 1.165) is 11.0 Å². The van der Waals surface area contributed by atoms with Crippen molar-refractivity contribution in [2.45, 2.75) is 19.4 Å². The quantitative estimate of drug-likeness (QED) is 0.496. The van der Waals surface area contributed by atoms with Crippen LogP contribution in [-0.2, 0) is 0 Å². The zero-order valence-electron chi connectivity index (χ0n) is 10.2. The minimum absolute atomic E-state index is 0.0461. The van der Waals surface area contributed by atoms with Crippen LogP contribution in [0.2, 0.25) is 0 Å². The van der Waals surface area contributed by atoms with Gasteiger partial charge in [-0.1, -0.05) is 0 Å². The molecule has 0 aromatic heterocycles. The van der Waals surface area contributed by atoms with Crippen molar-refractivity contribution in [1.82, 2.24) is 4.90 Å². The lowest BCUT2D eigenvalue weighted by atomic mass is 10.1. The lowest BCUT2D eigenvalue weighted by Gasteiger charge is -2.14. The Morgan fingerprint density at radius 3 is 2.53 bits per heavy atom. The monoisotopic (exact) mass is 264 g/mol. The average Bonchev–Trinajstić information content (AvgIpc) is 2.59. The van der Waals surface area contributed by atoms with Crippen LogP contribution in [0.25, 0.3) is 0 Å². The van der Waals surface area contributed by atoms with Gasteiger partial charge in [0.1, 0.15) is 0 Å². The Balaban J connectivity index is 2.31. The zero-order valence-corrected chi connectivity index (χ0v) is 10.2. The number of aliphatic hydroxyl groups excluding tert-OH is 1. The van der Waals surface area contributed by atoms with Crippen LogP contribution in [0.5, 0.6) is 0 Å². The van der Waals surface area contributed by atoms with Gasteiger partial charge in [-0.2, -0.15) is 0 Å². The van der Waals surface area contributed by atoms with Crippen LogP contribution in [-0.4, -0.2) is 39.4 Å². The van der Waals surface area contributed by atoms with Crippen LogP contribution in [0.4, 0.5) is 5.69 Å². The highest BCUT2D eigenvalue weighted by molar-refractivity contribution is 6.21. The lowest BCUT2D eigenvalue weighted by molar-refractivity contribution is -0.384. The molecule has 0 fully saturated rings. The molecule has 19 heavy (non-hydrogen) atoms. The van der Waals surface area contributed by atoms with Crippen molar-refractivity contribution in [2.24, 2.45) is 0 Å². The summed E-state index contributed by atoms with van der Waals surface area (Å²) < 4.78 is 0. The summed E-state index contributed by atoms with van der Waals surface area (Å²) in [6.07, 6.45) is -0.355. The smallest absolute Gasteiger partial charge is 0.270 e. The third-order valence-electron chi connectivity index (χ3n) is 2.94. The normalized spacial score (nSPS) is 15.6. The van der Waals surface area contributed by atoms with Gasteiger partial charge in [-0.3, -0.25) is 24.6 Å². The summed E-state index contributed by atoms with van der Waals surface area (Å²) in [6, 6.07) is 3.59. The first-order valence-corrected chi connectivity index (χ1v) is 5.74. The van der Waals surface area contributed by atoms with E-state index in [0.29, 0.717) is 0 Å². The summed E-state index contributed by atoms with van der Waals surface area (Å²) in [6.45, 7) is 1.65. The number of nitro groups is 1. The molecule has 1 unspecified atom stereocenters. The number of fused-ring (bicyclic) bond motifs is 1. The van der Waals surface area contributed by atoms with E-state index in [1.54, 1.807) is 6.92 Å². The molecule has 1 N–H and O–H groups in total. The van der Waals surface area contributed by atoms with Crippen molar-refractivity contribution >= 4 is 17.5 Å². The highest BCUT2D eigenvalue weighted by Crippen LogP contribution is 2.26. The lowest BCUT2D eigenvalue weighted by Crippen LogP contribution is -2.32. The highest BCUT2D eigenvalue weighted by Gasteiger charge is 2.36. The Bertz CT molecular complexity index is 567. The second kappa shape index (κ2) is 4.77. The number of aliphatic hydroxyl groups is 1. The fourth-order valence-corrected chi connectivity index (χ4v) is 1.91. The minimum Gasteiger partial charge on any atom is -0.393 e. The number of nitro benzene ring substituents is 1. The number of carbonyl (C=O) groups excluding carboxylic acids is 2. The molecule has 0 bridgehead atoms. The molecule has 1 aromatic carbocycles. The third kappa shape index (κ3) is 2.32. The number of carbonyl (C=O) groups is 2. The number of imide groups is 1. The van der Waals surface area contributed by atoms with Gasteiger partial charge in [-0.15, -0.1) is 0 Å². The second-order valence-corrected chi connectivity index (χ2v) is 4.39. The first kappa shape index (κ1) is 13.2. The molecule has 1 atom stereocenters. The maximum Gasteiger partial charge on any atom is 0.270 e. The maximum atomic E-state index is 12.0. The first-order valence-electron chi connectivity index (χ1n) is 5.74. The molecule has 0 spiro atoms. The Labute approximate surface area is 108 Å². The second-order valence-electron chi connectivity index (χ2n) is 4.39. The fraction of sp³-hybridized carbons (Fsp3) is 0.333. The maximum absolute atomic E-state index is 12.0. The molecule has 0 radical (unpaired) electrons. The van der Waals surface area contributed by atoms with Gasteiger partial charge in [0, 0.05) is 18.7 Å². The highest BCUT2D eigenvalue weighted by atomic mass is 16.6. The summed E-state index contributed by atoms with van der Waals surface area (Å²) in [5.41, 5.74) is -0.0109. The van der Waals surface area contributed by atoms with Crippen LogP contribution >= 0.6 is 0 Å². The molecule has 7 nitrogen and oxygen atoms in total. The largest absolute Gasteiger partial charge is 0.393 e. The predicted molar refractivity (Wildman–Crippen MR) is 64.8 cm³/mol. The Hall–Kier alpha value is -2.28. The molecule has 2 amide bonds. The molecule has 0 saturated heterocycles. The van der Waals surface area contributed by atoms with E-state index < -0.39 is 22.8 Å². The zero-order chi connectivity index (χ0) is 14.2. The average molecular weight is 264 g/mol. The summed E-state index contributed by atoms with van der Waals surface area (Å²) >= 11 is 0. The molecule has 1 heterocycles. The number of hydrogen-bond donors (Lipinski definition) is 1. The SMILES string of the molecule is CC(O)CCN1C(=O)c2ccc([N+](=O)[O-])cc2C1=O.